The van der Waals surface area contributed by atoms with E-state index >= 15 is 0 Å². The largest absolute Gasteiger partial charge is 0.442 e. The zero-order valence-electron chi connectivity index (χ0n) is 12.7. The van der Waals surface area contributed by atoms with E-state index in [0.29, 0.717) is 13.1 Å². The zero-order valence-corrected chi connectivity index (χ0v) is 12.7. The van der Waals surface area contributed by atoms with Gasteiger partial charge in [-0.25, -0.2) is 4.79 Å². The molecule has 1 N–H and O–H groups in total. The molecule has 1 atom stereocenters. The van der Waals surface area contributed by atoms with Crippen molar-refractivity contribution in [3.63, 3.8) is 0 Å². The highest BCUT2D eigenvalue weighted by atomic mass is 16.6. The molecule has 116 valence electrons. The van der Waals surface area contributed by atoms with Gasteiger partial charge in [-0.05, 0) is 42.5 Å². The molecule has 1 aromatic rings. The van der Waals surface area contributed by atoms with Gasteiger partial charge in [0.2, 0.25) is 5.91 Å². The summed E-state index contributed by atoms with van der Waals surface area (Å²) < 4.78 is 5.31. The van der Waals surface area contributed by atoms with Crippen molar-refractivity contribution in [1.29, 1.82) is 0 Å². The highest BCUT2D eigenvalue weighted by Gasteiger charge is 2.32. The molecule has 1 aliphatic heterocycles. The maximum absolute atomic E-state index is 12.0. The lowest BCUT2D eigenvalue weighted by Gasteiger charge is -2.16. The average Bonchev–Trinajstić information content (AvgIpc) is 2.71. The van der Waals surface area contributed by atoms with Gasteiger partial charge in [-0.15, -0.1) is 0 Å². The molecule has 2 aliphatic rings. The lowest BCUT2D eigenvalue weighted by Crippen LogP contribution is -2.33. The molecule has 1 unspecified atom stereocenters. The van der Waals surface area contributed by atoms with Crippen molar-refractivity contribution in [2.75, 3.05) is 18.0 Å². The summed E-state index contributed by atoms with van der Waals surface area (Å²) >= 11 is 0. The number of nitrogens with one attached hydrogen (secondary N) is 1. The Morgan fingerprint density at radius 1 is 1.36 bits per heavy atom. The molecular formula is C17H20N2O3. The number of benzene rings is 1. The van der Waals surface area contributed by atoms with Crippen molar-refractivity contribution < 1.29 is 14.3 Å². The Balaban J connectivity index is 1.73. The minimum Gasteiger partial charge on any atom is -0.442 e. The van der Waals surface area contributed by atoms with Crippen molar-refractivity contribution in [3.8, 4) is 0 Å². The molecule has 1 fully saturated rings. The van der Waals surface area contributed by atoms with Gasteiger partial charge in [-0.1, -0.05) is 18.2 Å². The molecule has 0 saturated carbocycles. The van der Waals surface area contributed by atoms with E-state index in [0.717, 1.165) is 24.9 Å². The van der Waals surface area contributed by atoms with E-state index in [-0.39, 0.29) is 18.1 Å². The Bertz CT molecular complexity index is 624. The summed E-state index contributed by atoms with van der Waals surface area (Å²) in [5.74, 6) is -0.118. The highest BCUT2D eigenvalue weighted by Crippen LogP contribution is 2.26. The molecule has 3 rings (SSSR count). The summed E-state index contributed by atoms with van der Waals surface area (Å²) in [4.78, 5) is 24.6. The standard InChI is InChI=1S/C17H20N2O3/c1-12(20)18-10-16-11-19(17(21)22-16)15-8-7-13-5-3-2-4-6-14(13)9-15/h2-3,7-9,16H,4-6,10-11H2,1H3,(H,18,20). The summed E-state index contributed by atoms with van der Waals surface area (Å²) in [5, 5.41) is 2.69. The van der Waals surface area contributed by atoms with Crippen molar-refractivity contribution in [2.45, 2.75) is 32.3 Å². The number of anilines is 1. The van der Waals surface area contributed by atoms with Crippen molar-refractivity contribution in [1.82, 2.24) is 5.32 Å². The summed E-state index contributed by atoms with van der Waals surface area (Å²) in [6.07, 6.45) is 6.74. The fourth-order valence-corrected chi connectivity index (χ4v) is 2.88. The third-order valence-electron chi connectivity index (χ3n) is 4.04. The van der Waals surface area contributed by atoms with Crippen LogP contribution in [0.25, 0.3) is 0 Å². The minimum absolute atomic E-state index is 0.118. The summed E-state index contributed by atoms with van der Waals surface area (Å²) in [6.45, 7) is 2.28. The normalized spacial score (nSPS) is 20.3. The van der Waals surface area contributed by atoms with Crippen LogP contribution in [-0.4, -0.2) is 31.2 Å². The van der Waals surface area contributed by atoms with E-state index < -0.39 is 0 Å². The van der Waals surface area contributed by atoms with Gasteiger partial charge in [-0.2, -0.15) is 0 Å². The van der Waals surface area contributed by atoms with Crippen LogP contribution < -0.4 is 10.2 Å². The number of allylic oxidation sites excluding steroid dienone is 2. The van der Waals surface area contributed by atoms with Gasteiger partial charge in [-0.3, -0.25) is 9.69 Å². The van der Waals surface area contributed by atoms with Gasteiger partial charge in [0, 0.05) is 12.6 Å². The molecule has 22 heavy (non-hydrogen) atoms. The number of rotatable bonds is 3. The predicted molar refractivity (Wildman–Crippen MR) is 83.9 cm³/mol. The van der Waals surface area contributed by atoms with Gasteiger partial charge in [0.15, 0.2) is 0 Å². The summed E-state index contributed by atoms with van der Waals surface area (Å²) in [5.41, 5.74) is 3.48. The first kappa shape index (κ1) is 14.6. The number of fused-ring (bicyclic) bond motifs is 1. The van der Waals surface area contributed by atoms with Crippen molar-refractivity contribution in [2.24, 2.45) is 0 Å². The van der Waals surface area contributed by atoms with Gasteiger partial charge in [0.1, 0.15) is 6.10 Å². The Labute approximate surface area is 129 Å². The van der Waals surface area contributed by atoms with Crippen LogP contribution in [0.1, 0.15) is 24.5 Å². The number of carbonyl (C=O) groups excluding carboxylic acids is 2. The number of carbonyl (C=O) groups is 2. The molecule has 0 radical (unpaired) electrons. The van der Waals surface area contributed by atoms with E-state index in [1.165, 1.54) is 18.1 Å². The van der Waals surface area contributed by atoms with E-state index in [9.17, 15) is 9.59 Å². The maximum atomic E-state index is 12.0. The average molecular weight is 300 g/mol. The lowest BCUT2D eigenvalue weighted by molar-refractivity contribution is -0.119. The third kappa shape index (κ3) is 3.13. The second-order valence-electron chi connectivity index (χ2n) is 5.72. The van der Waals surface area contributed by atoms with Crippen LogP contribution in [-0.2, 0) is 22.4 Å². The number of hydrogen-bond acceptors (Lipinski definition) is 3. The van der Waals surface area contributed by atoms with Crippen molar-refractivity contribution in [3.05, 3.63) is 41.5 Å². The van der Waals surface area contributed by atoms with Gasteiger partial charge < -0.3 is 10.1 Å². The number of ether oxygens (including phenoxy) is 1. The topological polar surface area (TPSA) is 58.6 Å². The van der Waals surface area contributed by atoms with Crippen molar-refractivity contribution >= 4 is 17.7 Å². The molecule has 0 bridgehead atoms. The highest BCUT2D eigenvalue weighted by molar-refractivity contribution is 5.90. The molecule has 5 heteroatoms. The molecule has 1 aliphatic carbocycles. The smallest absolute Gasteiger partial charge is 0.414 e. The second kappa shape index (κ2) is 6.22. The fraction of sp³-hybridized carbons (Fsp3) is 0.412. The molecule has 0 aromatic heterocycles. The number of cyclic esters (lactones) is 1. The Hall–Kier alpha value is -2.30. The number of hydrogen-bond donors (Lipinski definition) is 1. The lowest BCUT2D eigenvalue weighted by atomic mass is 10.0. The van der Waals surface area contributed by atoms with Crippen LogP contribution >= 0.6 is 0 Å². The number of amides is 2. The van der Waals surface area contributed by atoms with Crippen LogP contribution in [0.3, 0.4) is 0 Å². The quantitative estimate of drug-likeness (QED) is 0.871. The molecular weight excluding hydrogens is 280 g/mol. The predicted octanol–water partition coefficient (Wildman–Crippen LogP) is 2.19. The Morgan fingerprint density at radius 3 is 3.05 bits per heavy atom. The van der Waals surface area contributed by atoms with Crippen LogP contribution in [0.15, 0.2) is 30.4 Å². The Morgan fingerprint density at radius 2 is 2.23 bits per heavy atom. The minimum atomic E-state index is -0.345. The zero-order chi connectivity index (χ0) is 15.5. The Kier molecular flexibility index (Phi) is 4.13. The third-order valence-corrected chi connectivity index (χ3v) is 4.04. The van der Waals surface area contributed by atoms with Crippen LogP contribution in [0, 0.1) is 0 Å². The molecule has 0 spiro atoms. The maximum Gasteiger partial charge on any atom is 0.414 e. The molecule has 1 heterocycles. The molecule has 1 aromatic carbocycles. The SMILES string of the molecule is CC(=O)NCC1CN(c2ccc3c(c2)CCC=CC3)C(=O)O1. The molecule has 1 saturated heterocycles. The van der Waals surface area contributed by atoms with Crippen LogP contribution in [0.5, 0.6) is 0 Å². The monoisotopic (exact) mass is 300 g/mol. The van der Waals surface area contributed by atoms with E-state index in [1.54, 1.807) is 4.90 Å². The van der Waals surface area contributed by atoms with Crippen LogP contribution in [0.2, 0.25) is 0 Å². The first-order chi connectivity index (χ1) is 10.6. The van der Waals surface area contributed by atoms with Gasteiger partial charge in [0.25, 0.3) is 0 Å². The van der Waals surface area contributed by atoms with Gasteiger partial charge in [0.05, 0.1) is 13.1 Å². The fourth-order valence-electron chi connectivity index (χ4n) is 2.88. The number of nitrogens with zero attached hydrogens (tertiary/aromatic N) is 1. The first-order valence-corrected chi connectivity index (χ1v) is 7.63. The molecule has 5 nitrogen and oxygen atoms in total. The summed E-state index contributed by atoms with van der Waals surface area (Å²) in [7, 11) is 0. The summed E-state index contributed by atoms with van der Waals surface area (Å²) in [6, 6.07) is 6.15. The van der Waals surface area contributed by atoms with E-state index in [2.05, 4.69) is 29.6 Å². The number of aryl methyl sites for hydroxylation is 1. The first-order valence-electron chi connectivity index (χ1n) is 7.63. The second-order valence-corrected chi connectivity index (χ2v) is 5.72. The van der Waals surface area contributed by atoms with Crippen LogP contribution in [0.4, 0.5) is 10.5 Å². The van der Waals surface area contributed by atoms with E-state index in [1.807, 2.05) is 6.07 Å². The molecule has 2 amide bonds. The van der Waals surface area contributed by atoms with E-state index in [4.69, 9.17) is 4.74 Å². The van der Waals surface area contributed by atoms with Gasteiger partial charge >= 0.3 is 6.09 Å².